The molecule has 1 heterocycles. The molecule has 0 saturated carbocycles. The Hall–Kier alpha value is -1.83. The van der Waals surface area contributed by atoms with Gasteiger partial charge >= 0.3 is 0 Å². The fourth-order valence-electron chi connectivity index (χ4n) is 3.91. The standard InChI is InChI=1S/C22H31NO/c1-5-8-18(17(6-2)7-3)13-16(4)14-19-11-12-23-22-10-9-20(24)15-21(19)22/h6,9-12,15-18,24H,2,5,7-8,13-14H2,1,3-4H3. The predicted octanol–water partition coefficient (Wildman–Crippen LogP) is 6.14. The van der Waals surface area contributed by atoms with Crippen LogP contribution in [0.4, 0.5) is 0 Å². The fraction of sp³-hybridized carbons (Fsp3) is 0.500. The van der Waals surface area contributed by atoms with Gasteiger partial charge in [0.15, 0.2) is 0 Å². The molecule has 0 bridgehead atoms. The van der Waals surface area contributed by atoms with Crippen LogP contribution in [0, 0.1) is 17.8 Å². The molecular formula is C22H31NO. The molecule has 2 heteroatoms. The molecule has 3 atom stereocenters. The summed E-state index contributed by atoms with van der Waals surface area (Å²) in [5, 5.41) is 10.9. The van der Waals surface area contributed by atoms with E-state index in [4.69, 9.17) is 0 Å². The third kappa shape index (κ3) is 4.59. The van der Waals surface area contributed by atoms with Crippen LogP contribution in [-0.4, -0.2) is 10.1 Å². The van der Waals surface area contributed by atoms with Crippen LogP contribution < -0.4 is 0 Å². The quantitative estimate of drug-likeness (QED) is 0.562. The molecule has 2 nitrogen and oxygen atoms in total. The maximum Gasteiger partial charge on any atom is 0.116 e. The van der Waals surface area contributed by atoms with E-state index in [2.05, 4.69) is 44.5 Å². The van der Waals surface area contributed by atoms with Gasteiger partial charge in [0.25, 0.3) is 0 Å². The smallest absolute Gasteiger partial charge is 0.116 e. The zero-order chi connectivity index (χ0) is 17.5. The largest absolute Gasteiger partial charge is 0.508 e. The molecule has 0 aliphatic carbocycles. The first-order chi connectivity index (χ1) is 11.6. The summed E-state index contributed by atoms with van der Waals surface area (Å²) in [4.78, 5) is 4.41. The van der Waals surface area contributed by atoms with Gasteiger partial charge in [-0.2, -0.15) is 0 Å². The van der Waals surface area contributed by atoms with Crippen molar-refractivity contribution in [2.75, 3.05) is 0 Å². The average molecular weight is 325 g/mol. The predicted molar refractivity (Wildman–Crippen MR) is 103 cm³/mol. The lowest BCUT2D eigenvalue weighted by Gasteiger charge is -2.26. The summed E-state index contributed by atoms with van der Waals surface area (Å²) >= 11 is 0. The van der Waals surface area contributed by atoms with E-state index in [0.717, 1.165) is 17.3 Å². The van der Waals surface area contributed by atoms with Gasteiger partial charge in [0.05, 0.1) is 5.52 Å². The van der Waals surface area contributed by atoms with Crippen molar-refractivity contribution >= 4 is 10.9 Å². The number of aromatic hydroxyl groups is 1. The summed E-state index contributed by atoms with van der Waals surface area (Å²) in [6.45, 7) is 10.9. The number of pyridine rings is 1. The van der Waals surface area contributed by atoms with E-state index in [0.29, 0.717) is 23.5 Å². The van der Waals surface area contributed by atoms with Gasteiger partial charge in [-0.15, -0.1) is 6.58 Å². The normalized spacial score (nSPS) is 15.1. The molecular weight excluding hydrogens is 294 g/mol. The third-order valence-corrected chi connectivity index (χ3v) is 5.13. The molecule has 24 heavy (non-hydrogen) atoms. The summed E-state index contributed by atoms with van der Waals surface area (Å²) in [5.41, 5.74) is 2.24. The number of benzene rings is 1. The molecule has 0 spiro atoms. The molecule has 130 valence electrons. The molecule has 1 aromatic heterocycles. The first kappa shape index (κ1) is 18.5. The number of hydrogen-bond donors (Lipinski definition) is 1. The van der Waals surface area contributed by atoms with Crippen molar-refractivity contribution in [3.8, 4) is 5.75 Å². The second-order valence-electron chi connectivity index (χ2n) is 7.07. The zero-order valence-corrected chi connectivity index (χ0v) is 15.3. The average Bonchev–Trinajstić information content (AvgIpc) is 2.56. The van der Waals surface area contributed by atoms with Gasteiger partial charge in [0.1, 0.15) is 5.75 Å². The maximum atomic E-state index is 9.80. The van der Waals surface area contributed by atoms with E-state index in [1.54, 1.807) is 6.07 Å². The van der Waals surface area contributed by atoms with Crippen molar-refractivity contribution in [1.29, 1.82) is 0 Å². The molecule has 1 N–H and O–H groups in total. The highest BCUT2D eigenvalue weighted by molar-refractivity contribution is 5.83. The summed E-state index contributed by atoms with van der Waals surface area (Å²) < 4.78 is 0. The van der Waals surface area contributed by atoms with Gasteiger partial charge in [-0.3, -0.25) is 4.98 Å². The molecule has 0 amide bonds. The van der Waals surface area contributed by atoms with E-state index in [1.807, 2.05) is 18.3 Å². The van der Waals surface area contributed by atoms with Gasteiger partial charge in [0.2, 0.25) is 0 Å². The number of rotatable bonds is 9. The lowest BCUT2D eigenvalue weighted by atomic mass is 9.79. The number of phenols is 1. The van der Waals surface area contributed by atoms with Crippen molar-refractivity contribution in [2.45, 2.75) is 52.9 Å². The molecule has 0 aliphatic rings. The molecule has 0 saturated heterocycles. The Morgan fingerprint density at radius 3 is 2.71 bits per heavy atom. The monoisotopic (exact) mass is 325 g/mol. The van der Waals surface area contributed by atoms with Crippen molar-refractivity contribution < 1.29 is 5.11 Å². The highest BCUT2D eigenvalue weighted by atomic mass is 16.3. The van der Waals surface area contributed by atoms with Crippen LogP contribution in [0.5, 0.6) is 5.75 Å². The van der Waals surface area contributed by atoms with Crippen LogP contribution in [-0.2, 0) is 6.42 Å². The Morgan fingerprint density at radius 2 is 2.04 bits per heavy atom. The minimum atomic E-state index is 0.311. The Labute approximate surface area is 146 Å². The molecule has 0 aliphatic heterocycles. The summed E-state index contributed by atoms with van der Waals surface area (Å²) in [7, 11) is 0. The second kappa shape index (κ2) is 8.86. The highest BCUT2D eigenvalue weighted by Crippen LogP contribution is 2.31. The van der Waals surface area contributed by atoms with Gasteiger partial charge in [0, 0.05) is 11.6 Å². The number of nitrogens with zero attached hydrogens (tertiary/aromatic N) is 1. The van der Waals surface area contributed by atoms with E-state index >= 15 is 0 Å². The molecule has 3 unspecified atom stereocenters. The number of phenolic OH excluding ortho intramolecular Hbond substituents is 1. The first-order valence-corrected chi connectivity index (χ1v) is 9.28. The Balaban J connectivity index is 2.15. The molecule has 2 aromatic rings. The number of hydrogen-bond acceptors (Lipinski definition) is 2. The minimum Gasteiger partial charge on any atom is -0.508 e. The highest BCUT2D eigenvalue weighted by Gasteiger charge is 2.20. The number of aromatic nitrogens is 1. The van der Waals surface area contributed by atoms with Crippen LogP contribution in [0.2, 0.25) is 0 Å². The first-order valence-electron chi connectivity index (χ1n) is 9.28. The topological polar surface area (TPSA) is 33.1 Å². The summed E-state index contributed by atoms with van der Waals surface area (Å²) in [6, 6.07) is 7.53. The Kier molecular flexibility index (Phi) is 6.84. The molecule has 0 fully saturated rings. The summed E-state index contributed by atoms with van der Waals surface area (Å²) in [6.07, 6.45) is 9.95. The Bertz CT molecular complexity index is 664. The van der Waals surface area contributed by atoms with Crippen molar-refractivity contribution in [3.63, 3.8) is 0 Å². The van der Waals surface area contributed by atoms with Crippen LogP contribution in [0.1, 0.15) is 52.0 Å². The van der Waals surface area contributed by atoms with Crippen LogP contribution in [0.3, 0.4) is 0 Å². The van der Waals surface area contributed by atoms with E-state index in [9.17, 15) is 5.11 Å². The molecule has 1 aromatic carbocycles. The zero-order valence-electron chi connectivity index (χ0n) is 15.3. The van der Waals surface area contributed by atoms with Crippen LogP contribution in [0.25, 0.3) is 10.9 Å². The van der Waals surface area contributed by atoms with Crippen LogP contribution >= 0.6 is 0 Å². The van der Waals surface area contributed by atoms with E-state index in [-0.39, 0.29) is 0 Å². The van der Waals surface area contributed by atoms with Gasteiger partial charge in [-0.1, -0.05) is 39.7 Å². The van der Waals surface area contributed by atoms with Gasteiger partial charge in [-0.05, 0) is 66.8 Å². The van der Waals surface area contributed by atoms with Gasteiger partial charge in [-0.25, -0.2) is 0 Å². The lowest BCUT2D eigenvalue weighted by Crippen LogP contribution is -2.16. The SMILES string of the molecule is C=CC(CC)C(CCC)CC(C)Cc1ccnc2ccc(O)cc12. The van der Waals surface area contributed by atoms with Crippen molar-refractivity contribution in [1.82, 2.24) is 4.98 Å². The molecule has 2 rings (SSSR count). The van der Waals surface area contributed by atoms with Crippen LogP contribution in [0.15, 0.2) is 43.1 Å². The van der Waals surface area contributed by atoms with Crippen molar-refractivity contribution in [3.05, 3.63) is 48.7 Å². The second-order valence-corrected chi connectivity index (χ2v) is 7.07. The maximum absolute atomic E-state index is 9.80. The number of allylic oxidation sites excluding steroid dienone is 1. The van der Waals surface area contributed by atoms with Gasteiger partial charge < -0.3 is 5.11 Å². The minimum absolute atomic E-state index is 0.311. The lowest BCUT2D eigenvalue weighted by molar-refractivity contribution is 0.288. The third-order valence-electron chi connectivity index (χ3n) is 5.13. The van der Waals surface area contributed by atoms with Crippen molar-refractivity contribution in [2.24, 2.45) is 17.8 Å². The van der Waals surface area contributed by atoms with E-state index in [1.165, 1.54) is 31.2 Å². The molecule has 0 radical (unpaired) electrons. The Morgan fingerprint density at radius 1 is 1.25 bits per heavy atom. The summed E-state index contributed by atoms with van der Waals surface area (Å²) in [5.74, 6) is 2.24. The fourth-order valence-corrected chi connectivity index (χ4v) is 3.91. The number of fused-ring (bicyclic) bond motifs is 1. The van der Waals surface area contributed by atoms with E-state index < -0.39 is 0 Å².